The molecule has 1 aliphatic carbocycles. The van der Waals surface area contributed by atoms with Gasteiger partial charge in [-0.15, -0.1) is 0 Å². The maximum atomic E-state index is 11.9. The molecule has 1 spiro atoms. The van der Waals surface area contributed by atoms with Gasteiger partial charge in [-0.1, -0.05) is 39.0 Å². The topological polar surface area (TPSA) is 79.2 Å². The number of hydrogen-bond donors (Lipinski definition) is 2. The molecule has 0 amide bonds. The van der Waals surface area contributed by atoms with Crippen molar-refractivity contribution >= 4 is 5.97 Å². The van der Waals surface area contributed by atoms with E-state index in [1.165, 1.54) is 0 Å². The summed E-state index contributed by atoms with van der Waals surface area (Å²) in [5.74, 6) is 0.297. The number of nitrogens with zero attached hydrogens (tertiary/aromatic N) is 1. The molecule has 0 bridgehead atoms. The second-order valence-electron chi connectivity index (χ2n) is 9.68. The lowest BCUT2D eigenvalue weighted by atomic mass is 9.69. The first-order chi connectivity index (χ1) is 13.7. The van der Waals surface area contributed by atoms with Gasteiger partial charge in [-0.05, 0) is 30.0 Å². The lowest BCUT2D eigenvalue weighted by molar-refractivity contribution is -0.146. The van der Waals surface area contributed by atoms with E-state index in [0.29, 0.717) is 25.3 Å². The molecule has 0 saturated heterocycles. The number of ether oxygens (including phenoxy) is 2. The Morgan fingerprint density at radius 2 is 2.17 bits per heavy atom. The summed E-state index contributed by atoms with van der Waals surface area (Å²) in [5.41, 5.74) is 1.68. The Bertz CT molecular complexity index is 842. The summed E-state index contributed by atoms with van der Waals surface area (Å²) < 4.78 is 11.9. The van der Waals surface area contributed by atoms with Crippen LogP contribution in [-0.2, 0) is 16.8 Å². The Hall–Kier alpha value is -2.05. The SMILES string of the molecule is COc1ccc2c3c1OC1C[C@@H](O)C=CC31CCN(CC(C(=O)O)C(C)(C)C)C2. The maximum Gasteiger partial charge on any atom is 0.308 e. The predicted octanol–water partition coefficient (Wildman–Crippen LogP) is 2.97. The molecule has 0 aromatic heterocycles. The number of rotatable bonds is 4. The summed E-state index contributed by atoms with van der Waals surface area (Å²) in [6, 6.07) is 4.01. The normalized spacial score (nSPS) is 29.4. The van der Waals surface area contributed by atoms with Crippen LogP contribution >= 0.6 is 0 Å². The van der Waals surface area contributed by atoms with Crippen LogP contribution in [0.2, 0.25) is 0 Å². The van der Waals surface area contributed by atoms with Crippen molar-refractivity contribution in [3.63, 3.8) is 0 Å². The molecule has 1 aromatic rings. The summed E-state index contributed by atoms with van der Waals surface area (Å²) >= 11 is 0. The second-order valence-corrected chi connectivity index (χ2v) is 9.68. The molecule has 0 saturated carbocycles. The third-order valence-corrected chi connectivity index (χ3v) is 6.82. The molecule has 2 N–H and O–H groups in total. The fourth-order valence-corrected chi connectivity index (χ4v) is 5.13. The Balaban J connectivity index is 1.74. The van der Waals surface area contributed by atoms with E-state index >= 15 is 0 Å². The van der Waals surface area contributed by atoms with Crippen LogP contribution in [0.4, 0.5) is 0 Å². The molecule has 0 radical (unpaired) electrons. The van der Waals surface area contributed by atoms with Gasteiger partial charge in [0, 0.05) is 25.1 Å². The number of carboxylic acid groups (broad SMARTS) is 1. The number of carboxylic acids is 1. The van der Waals surface area contributed by atoms with Crippen LogP contribution in [0.15, 0.2) is 24.3 Å². The zero-order chi connectivity index (χ0) is 21.0. The minimum atomic E-state index is -0.749. The summed E-state index contributed by atoms with van der Waals surface area (Å²) in [7, 11) is 1.64. The van der Waals surface area contributed by atoms with Crippen LogP contribution in [0, 0.1) is 11.3 Å². The Labute approximate surface area is 172 Å². The van der Waals surface area contributed by atoms with E-state index in [1.807, 2.05) is 32.9 Å². The molecule has 1 aromatic carbocycles. The minimum Gasteiger partial charge on any atom is -0.493 e. The van der Waals surface area contributed by atoms with Crippen molar-refractivity contribution in [1.29, 1.82) is 0 Å². The fraction of sp³-hybridized carbons (Fsp3) is 0.609. The van der Waals surface area contributed by atoms with E-state index in [1.54, 1.807) is 7.11 Å². The molecule has 0 fully saturated rings. The number of aliphatic carboxylic acids is 1. The first-order valence-corrected chi connectivity index (χ1v) is 10.4. The van der Waals surface area contributed by atoms with Gasteiger partial charge < -0.3 is 19.7 Å². The van der Waals surface area contributed by atoms with Crippen LogP contribution in [0.25, 0.3) is 0 Å². The van der Waals surface area contributed by atoms with E-state index in [2.05, 4.69) is 17.0 Å². The van der Waals surface area contributed by atoms with Crippen LogP contribution in [-0.4, -0.2) is 53.5 Å². The summed E-state index contributed by atoms with van der Waals surface area (Å²) in [5, 5.41) is 20.0. The van der Waals surface area contributed by atoms with E-state index in [-0.39, 0.29) is 16.9 Å². The molecule has 4 atom stereocenters. The molecule has 4 rings (SSSR count). The van der Waals surface area contributed by atoms with Crippen LogP contribution in [0.5, 0.6) is 11.5 Å². The van der Waals surface area contributed by atoms with Crippen molar-refractivity contribution in [3.05, 3.63) is 35.4 Å². The first-order valence-electron chi connectivity index (χ1n) is 10.4. The average Bonchev–Trinajstić information content (AvgIpc) is 2.88. The lowest BCUT2D eigenvalue weighted by Crippen LogP contribution is -2.44. The van der Waals surface area contributed by atoms with Crippen molar-refractivity contribution in [2.24, 2.45) is 11.3 Å². The molecule has 2 aliphatic heterocycles. The van der Waals surface area contributed by atoms with Gasteiger partial charge in [0.15, 0.2) is 11.5 Å². The minimum absolute atomic E-state index is 0.134. The number of aliphatic hydroxyl groups excluding tert-OH is 1. The highest BCUT2D eigenvalue weighted by Crippen LogP contribution is 2.55. The Morgan fingerprint density at radius 1 is 1.41 bits per heavy atom. The van der Waals surface area contributed by atoms with Gasteiger partial charge in [-0.25, -0.2) is 0 Å². The average molecular weight is 402 g/mol. The van der Waals surface area contributed by atoms with Gasteiger partial charge in [0.1, 0.15) is 6.10 Å². The highest BCUT2D eigenvalue weighted by Gasteiger charge is 2.53. The first kappa shape index (κ1) is 20.2. The van der Waals surface area contributed by atoms with E-state index in [9.17, 15) is 15.0 Å². The zero-order valence-electron chi connectivity index (χ0n) is 17.6. The standard InChI is InChI=1S/C23H31NO5/c1-22(2,3)16(21(26)27)13-24-10-9-23-8-7-15(25)11-18(23)29-20-17(28-4)6-5-14(12-24)19(20)23/h5-8,15-16,18,25H,9-13H2,1-4H3,(H,26,27)/t15-,16?,18?,23?/m0/s1. The van der Waals surface area contributed by atoms with Gasteiger partial charge >= 0.3 is 5.97 Å². The van der Waals surface area contributed by atoms with Gasteiger partial charge in [-0.2, -0.15) is 0 Å². The molecule has 3 unspecified atom stereocenters. The number of hydrogen-bond acceptors (Lipinski definition) is 5. The van der Waals surface area contributed by atoms with Crippen molar-refractivity contribution < 1.29 is 24.5 Å². The van der Waals surface area contributed by atoms with Gasteiger partial charge in [-0.3, -0.25) is 9.69 Å². The third-order valence-electron chi connectivity index (χ3n) is 6.82. The van der Waals surface area contributed by atoms with Crippen molar-refractivity contribution in [2.75, 3.05) is 20.2 Å². The van der Waals surface area contributed by atoms with E-state index in [0.717, 1.165) is 29.8 Å². The Kier molecular flexibility index (Phi) is 4.90. The molecule has 6 heteroatoms. The third kappa shape index (κ3) is 3.32. The fourth-order valence-electron chi connectivity index (χ4n) is 5.13. The molecule has 3 aliphatic rings. The van der Waals surface area contributed by atoms with Crippen molar-refractivity contribution in [1.82, 2.24) is 4.90 Å². The number of benzene rings is 1. The summed E-state index contributed by atoms with van der Waals surface area (Å²) in [6.45, 7) is 7.92. The number of methoxy groups -OCH3 is 1. The summed E-state index contributed by atoms with van der Waals surface area (Å²) in [6.07, 6.45) is 4.72. The van der Waals surface area contributed by atoms with Crippen LogP contribution < -0.4 is 9.47 Å². The number of aliphatic hydroxyl groups is 1. The molecule has 2 heterocycles. The quantitative estimate of drug-likeness (QED) is 0.755. The van der Waals surface area contributed by atoms with Crippen molar-refractivity contribution in [3.8, 4) is 11.5 Å². The Morgan fingerprint density at radius 3 is 2.83 bits per heavy atom. The van der Waals surface area contributed by atoms with Gasteiger partial charge in [0.05, 0.1) is 24.5 Å². The van der Waals surface area contributed by atoms with Gasteiger partial charge in [0.2, 0.25) is 0 Å². The molecule has 158 valence electrons. The predicted molar refractivity (Wildman–Crippen MR) is 109 cm³/mol. The van der Waals surface area contributed by atoms with E-state index < -0.39 is 18.0 Å². The zero-order valence-corrected chi connectivity index (χ0v) is 17.6. The molecular weight excluding hydrogens is 370 g/mol. The highest BCUT2D eigenvalue weighted by atomic mass is 16.5. The molecule has 6 nitrogen and oxygen atoms in total. The number of carbonyl (C=O) groups is 1. The highest BCUT2D eigenvalue weighted by molar-refractivity contribution is 5.71. The van der Waals surface area contributed by atoms with Gasteiger partial charge in [0.25, 0.3) is 0 Å². The maximum absolute atomic E-state index is 11.9. The second kappa shape index (κ2) is 7.03. The molecule has 29 heavy (non-hydrogen) atoms. The van der Waals surface area contributed by atoms with Crippen molar-refractivity contribution in [2.45, 2.75) is 57.8 Å². The summed E-state index contributed by atoms with van der Waals surface area (Å²) in [4.78, 5) is 14.2. The van der Waals surface area contributed by atoms with Crippen LogP contribution in [0.1, 0.15) is 44.7 Å². The van der Waals surface area contributed by atoms with E-state index in [4.69, 9.17) is 9.47 Å². The lowest BCUT2D eigenvalue weighted by Gasteiger charge is -2.36. The molecular formula is C23H31NO5. The van der Waals surface area contributed by atoms with Crippen LogP contribution in [0.3, 0.4) is 0 Å². The monoisotopic (exact) mass is 401 g/mol. The largest absolute Gasteiger partial charge is 0.493 e. The smallest absolute Gasteiger partial charge is 0.308 e.